The predicted molar refractivity (Wildman–Crippen MR) is 129 cm³/mol. The number of nitrogens with zero attached hydrogens (tertiary/aromatic N) is 6. The first kappa shape index (κ1) is 25.3. The Hall–Kier alpha value is -2.80. The third-order valence-electron chi connectivity index (χ3n) is 4.67. The Morgan fingerprint density at radius 2 is 2.17 bits per heavy atom. The molecule has 4 rings (SSSR count). The highest BCUT2D eigenvalue weighted by Gasteiger charge is 2.54. The molecule has 0 radical (unpaired) electrons. The molecule has 2 aromatic rings. The van der Waals surface area contributed by atoms with Gasteiger partial charge in [0.15, 0.2) is 9.47 Å². The van der Waals surface area contributed by atoms with Gasteiger partial charge in [0.25, 0.3) is 11.8 Å². The van der Waals surface area contributed by atoms with Crippen LogP contribution in [0.5, 0.6) is 0 Å². The molecule has 2 amide bonds. The lowest BCUT2D eigenvalue weighted by Crippen LogP contribution is -2.71. The Morgan fingerprint density at radius 1 is 1.37 bits per heavy atom. The fraction of sp³-hybridized carbons (Fsp3) is 0.412. The summed E-state index contributed by atoms with van der Waals surface area (Å²) >= 11 is 4.93. The summed E-state index contributed by atoms with van der Waals surface area (Å²) in [4.78, 5) is 47.5. The molecular weight excluding hydrogens is 541 g/mol. The van der Waals surface area contributed by atoms with E-state index in [1.54, 1.807) is 7.11 Å². The van der Waals surface area contributed by atoms with E-state index in [4.69, 9.17) is 15.3 Å². The third-order valence-corrected chi connectivity index (χ3v) is 8.67. The Labute approximate surface area is 214 Å². The highest BCUT2D eigenvalue weighted by atomic mass is 32.2. The van der Waals surface area contributed by atoms with E-state index in [0.29, 0.717) is 33.0 Å². The van der Waals surface area contributed by atoms with Crippen molar-refractivity contribution in [2.75, 3.05) is 31.5 Å². The summed E-state index contributed by atoms with van der Waals surface area (Å²) in [6.45, 7) is 0.344. The van der Waals surface area contributed by atoms with E-state index in [-0.39, 0.29) is 22.4 Å². The van der Waals surface area contributed by atoms with Crippen molar-refractivity contribution in [3.8, 4) is 0 Å². The van der Waals surface area contributed by atoms with Crippen molar-refractivity contribution < 1.29 is 29.1 Å². The average Bonchev–Trinajstić information content (AvgIpc) is 3.47. The zero-order valence-electron chi connectivity index (χ0n) is 18.2. The van der Waals surface area contributed by atoms with Gasteiger partial charge in [0, 0.05) is 30.1 Å². The molecule has 0 aromatic carbocycles. The normalized spacial score (nSPS) is 19.9. The number of nitrogens with two attached hydrogens (primary N) is 1. The molecule has 1 saturated heterocycles. The van der Waals surface area contributed by atoms with E-state index in [9.17, 15) is 19.5 Å². The number of nitrogens with one attached hydrogen (secondary N) is 1. The summed E-state index contributed by atoms with van der Waals surface area (Å²) in [5.41, 5.74) is 5.82. The first-order valence-corrected chi connectivity index (χ1v) is 13.3. The van der Waals surface area contributed by atoms with Gasteiger partial charge in [0.1, 0.15) is 29.2 Å². The number of thioether (sulfide) groups is 2. The van der Waals surface area contributed by atoms with Crippen molar-refractivity contribution in [3.63, 3.8) is 0 Å². The van der Waals surface area contributed by atoms with Gasteiger partial charge in [-0.25, -0.2) is 4.79 Å². The van der Waals surface area contributed by atoms with Gasteiger partial charge in [0.2, 0.25) is 11.5 Å². The second kappa shape index (κ2) is 10.9. The highest BCUT2D eigenvalue weighted by Crippen LogP contribution is 2.41. The maximum atomic E-state index is 12.9. The minimum Gasteiger partial charge on any atom is -0.477 e. The Kier molecular flexibility index (Phi) is 7.85. The average molecular weight is 559 g/mol. The van der Waals surface area contributed by atoms with Crippen molar-refractivity contribution in [2.45, 2.75) is 22.4 Å². The van der Waals surface area contributed by atoms with E-state index in [2.05, 4.69) is 30.0 Å². The summed E-state index contributed by atoms with van der Waals surface area (Å²) in [5.74, 6) is -1.86. The van der Waals surface area contributed by atoms with Gasteiger partial charge in [-0.1, -0.05) is 28.3 Å². The molecule has 18 heteroatoms. The quantitative estimate of drug-likeness (QED) is 0.153. The zero-order chi connectivity index (χ0) is 25.1. The van der Waals surface area contributed by atoms with E-state index >= 15 is 0 Å². The molecule has 0 spiro atoms. The van der Waals surface area contributed by atoms with Crippen molar-refractivity contribution in [3.05, 3.63) is 22.1 Å². The third kappa shape index (κ3) is 5.25. The number of fused-ring (bicyclic) bond motifs is 1. The number of methoxy groups -OCH3 is 1. The number of anilines is 1. The van der Waals surface area contributed by atoms with Gasteiger partial charge >= 0.3 is 5.97 Å². The van der Waals surface area contributed by atoms with E-state index in [0.717, 1.165) is 11.5 Å². The van der Waals surface area contributed by atoms with Crippen LogP contribution in [0.3, 0.4) is 0 Å². The molecule has 186 valence electrons. The van der Waals surface area contributed by atoms with Crippen LogP contribution in [-0.2, 0) is 30.6 Å². The number of amides is 2. The lowest BCUT2D eigenvalue weighted by Gasteiger charge is -2.49. The van der Waals surface area contributed by atoms with Crippen molar-refractivity contribution >= 4 is 75.0 Å². The maximum Gasteiger partial charge on any atom is 0.352 e. The van der Waals surface area contributed by atoms with Gasteiger partial charge in [-0.15, -0.1) is 22.0 Å². The summed E-state index contributed by atoms with van der Waals surface area (Å²) in [5, 5.41) is 24.4. The van der Waals surface area contributed by atoms with Gasteiger partial charge < -0.3 is 25.7 Å². The van der Waals surface area contributed by atoms with Crippen LogP contribution in [0.2, 0.25) is 0 Å². The largest absolute Gasteiger partial charge is 0.477 e. The molecule has 1 fully saturated rings. The number of aliphatic carboxylic acids is 1. The summed E-state index contributed by atoms with van der Waals surface area (Å²) < 4.78 is 9.64. The number of hydrogen-bond donors (Lipinski definition) is 3. The zero-order valence-corrected chi connectivity index (χ0v) is 21.4. The van der Waals surface area contributed by atoms with E-state index in [1.807, 2.05) is 0 Å². The molecule has 1 unspecified atom stereocenters. The molecule has 0 saturated carbocycles. The number of nitrogen functional groups attached to an aromatic ring is 1. The van der Waals surface area contributed by atoms with Crippen LogP contribution in [-0.4, -0.2) is 90.2 Å². The molecular formula is C17H18N8O6S4. The number of carbonyl (C=O) groups excluding carboxylic acids is 2. The number of hydrogen-bond acceptors (Lipinski definition) is 15. The number of ether oxygens (including phenoxy) is 1. The first-order valence-electron chi connectivity index (χ1n) is 9.69. The van der Waals surface area contributed by atoms with E-state index in [1.165, 1.54) is 46.9 Å². The first-order chi connectivity index (χ1) is 16.8. The summed E-state index contributed by atoms with van der Waals surface area (Å²) in [6, 6.07) is -0.950. The second-order valence-electron chi connectivity index (χ2n) is 6.88. The van der Waals surface area contributed by atoms with Gasteiger partial charge in [0.05, 0.1) is 6.61 Å². The lowest BCUT2D eigenvalue weighted by atomic mass is 10.0. The summed E-state index contributed by atoms with van der Waals surface area (Å²) in [7, 11) is 2.81. The minimum absolute atomic E-state index is 0.0393. The molecule has 2 aliphatic rings. The number of carbonyl (C=O) groups is 3. The number of carboxylic acid groups (broad SMARTS) is 1. The number of rotatable bonds is 10. The molecule has 35 heavy (non-hydrogen) atoms. The van der Waals surface area contributed by atoms with Gasteiger partial charge in [-0.3, -0.25) is 14.5 Å². The molecule has 0 aliphatic carbocycles. The van der Waals surface area contributed by atoms with Crippen molar-refractivity contribution in [1.29, 1.82) is 0 Å². The molecule has 2 atom stereocenters. The standard InChI is InChI=1S/C17H18N8O6S4/c1-30-3-7-21-22-17(34-7)33-5-6-4-32-14-9(13(27)25(14)10(6)15(28)29)19-12(26)8(23-31-2)11-20-16(18)35-24-11/h9,14H,3-5H2,1-2H3,(H,19,26)(H,28,29)(H2,18,20,24)/t9?,14-/m1/s1. The fourth-order valence-electron chi connectivity index (χ4n) is 3.24. The van der Waals surface area contributed by atoms with Gasteiger partial charge in [-0.2, -0.15) is 9.36 Å². The number of β-lactam (4-membered cyclic amide) rings is 1. The minimum atomic E-state index is -1.22. The molecule has 4 heterocycles. The Morgan fingerprint density at radius 3 is 2.83 bits per heavy atom. The summed E-state index contributed by atoms with van der Waals surface area (Å²) in [6.07, 6.45) is 0. The highest BCUT2D eigenvalue weighted by molar-refractivity contribution is 8.01. The topological polar surface area (TPSA) is 195 Å². The second-order valence-corrected chi connectivity index (χ2v) is 11.1. The van der Waals surface area contributed by atoms with Crippen LogP contribution in [0.4, 0.5) is 5.13 Å². The molecule has 4 N–H and O–H groups in total. The van der Waals surface area contributed by atoms with Crippen LogP contribution in [0.1, 0.15) is 10.8 Å². The molecule has 2 aromatic heterocycles. The number of aromatic nitrogens is 4. The van der Waals surface area contributed by atoms with Gasteiger partial charge in [-0.05, 0) is 5.57 Å². The van der Waals surface area contributed by atoms with Crippen molar-refractivity contribution in [2.24, 2.45) is 5.16 Å². The molecule has 14 nitrogen and oxygen atoms in total. The van der Waals surface area contributed by atoms with Crippen LogP contribution in [0.25, 0.3) is 0 Å². The lowest BCUT2D eigenvalue weighted by molar-refractivity contribution is -0.150. The van der Waals surface area contributed by atoms with Crippen LogP contribution >= 0.6 is 46.4 Å². The SMILES string of the molecule is COCc1nnc(SCC2=C(C(=O)O)N3C(=O)C(NC(=O)C(=NOC)c4nsc(N)n4)[C@H]3SC2)s1. The van der Waals surface area contributed by atoms with Crippen molar-refractivity contribution in [1.82, 2.24) is 29.8 Å². The smallest absolute Gasteiger partial charge is 0.352 e. The maximum absolute atomic E-state index is 12.9. The monoisotopic (exact) mass is 558 g/mol. The fourth-order valence-corrected chi connectivity index (χ4v) is 7.03. The molecule has 2 aliphatic heterocycles. The van der Waals surface area contributed by atoms with Crippen LogP contribution in [0, 0.1) is 0 Å². The van der Waals surface area contributed by atoms with Crippen LogP contribution in [0.15, 0.2) is 20.8 Å². The van der Waals surface area contributed by atoms with E-state index < -0.39 is 29.2 Å². The van der Waals surface area contributed by atoms with Crippen LogP contribution < -0.4 is 11.1 Å². The number of carboxylic acids is 1. The Balaban J connectivity index is 1.46. The number of oxime groups is 1. The molecule has 0 bridgehead atoms. The predicted octanol–water partition coefficient (Wildman–Crippen LogP) is -0.000400. The Bertz CT molecular complexity index is 1210.